The van der Waals surface area contributed by atoms with E-state index in [1.54, 1.807) is 6.07 Å². The van der Waals surface area contributed by atoms with E-state index in [4.69, 9.17) is 0 Å². The van der Waals surface area contributed by atoms with E-state index >= 15 is 0 Å². The SMILES string of the molecule is Cc1cc(C)cc(Nc2nc(C)cc(Nc3ccc(F)cc3F)n2)c1. The molecular formula is C19H18F2N4. The Morgan fingerprint density at radius 2 is 1.52 bits per heavy atom. The topological polar surface area (TPSA) is 49.8 Å². The maximum atomic E-state index is 13.8. The van der Waals surface area contributed by atoms with Gasteiger partial charge in [0.25, 0.3) is 0 Å². The first-order chi connectivity index (χ1) is 11.9. The van der Waals surface area contributed by atoms with Gasteiger partial charge in [-0.15, -0.1) is 0 Å². The number of aromatic nitrogens is 2. The van der Waals surface area contributed by atoms with Crippen LogP contribution < -0.4 is 10.6 Å². The smallest absolute Gasteiger partial charge is 0.229 e. The van der Waals surface area contributed by atoms with Gasteiger partial charge >= 0.3 is 0 Å². The van der Waals surface area contributed by atoms with Crippen LogP contribution in [0.1, 0.15) is 16.8 Å². The first-order valence-corrected chi connectivity index (χ1v) is 7.82. The number of nitrogens with one attached hydrogen (secondary N) is 2. The maximum absolute atomic E-state index is 13.8. The molecule has 25 heavy (non-hydrogen) atoms. The first kappa shape index (κ1) is 16.8. The van der Waals surface area contributed by atoms with Crippen molar-refractivity contribution in [2.24, 2.45) is 0 Å². The highest BCUT2D eigenvalue weighted by atomic mass is 19.1. The Labute approximate surface area is 145 Å². The molecule has 6 heteroatoms. The Hall–Kier alpha value is -3.02. The van der Waals surface area contributed by atoms with Crippen molar-refractivity contribution in [1.29, 1.82) is 0 Å². The summed E-state index contributed by atoms with van der Waals surface area (Å²) in [5, 5.41) is 6.02. The van der Waals surface area contributed by atoms with Gasteiger partial charge in [0.15, 0.2) is 0 Å². The van der Waals surface area contributed by atoms with Crippen LogP contribution in [0.15, 0.2) is 42.5 Å². The van der Waals surface area contributed by atoms with Crippen LogP contribution in [-0.4, -0.2) is 9.97 Å². The lowest BCUT2D eigenvalue weighted by molar-refractivity contribution is 0.586. The largest absolute Gasteiger partial charge is 0.338 e. The number of nitrogens with zero attached hydrogens (tertiary/aromatic N) is 2. The molecule has 3 aromatic rings. The van der Waals surface area contributed by atoms with Crippen molar-refractivity contribution in [2.75, 3.05) is 10.6 Å². The number of rotatable bonds is 4. The number of benzene rings is 2. The number of halogens is 2. The lowest BCUT2D eigenvalue weighted by atomic mass is 10.1. The molecule has 0 fully saturated rings. The Kier molecular flexibility index (Phi) is 4.61. The van der Waals surface area contributed by atoms with E-state index in [0.717, 1.165) is 22.9 Å². The third kappa shape index (κ3) is 4.29. The van der Waals surface area contributed by atoms with Crippen molar-refractivity contribution < 1.29 is 8.78 Å². The van der Waals surface area contributed by atoms with Gasteiger partial charge in [-0.3, -0.25) is 0 Å². The fourth-order valence-electron chi connectivity index (χ4n) is 2.59. The molecule has 1 heterocycles. The summed E-state index contributed by atoms with van der Waals surface area (Å²) in [7, 11) is 0. The van der Waals surface area contributed by atoms with Gasteiger partial charge in [-0.05, 0) is 56.2 Å². The zero-order valence-electron chi connectivity index (χ0n) is 14.2. The van der Waals surface area contributed by atoms with Crippen LogP contribution in [0.3, 0.4) is 0 Å². The van der Waals surface area contributed by atoms with E-state index < -0.39 is 11.6 Å². The fraction of sp³-hybridized carbons (Fsp3) is 0.158. The Morgan fingerprint density at radius 3 is 2.20 bits per heavy atom. The monoisotopic (exact) mass is 340 g/mol. The minimum Gasteiger partial charge on any atom is -0.338 e. The molecule has 0 saturated heterocycles. The van der Waals surface area contributed by atoms with Gasteiger partial charge in [0.05, 0.1) is 5.69 Å². The number of hydrogen-bond acceptors (Lipinski definition) is 4. The average Bonchev–Trinajstić information content (AvgIpc) is 2.48. The molecule has 0 atom stereocenters. The zero-order chi connectivity index (χ0) is 18.0. The normalized spacial score (nSPS) is 10.6. The van der Waals surface area contributed by atoms with Gasteiger partial charge in [-0.25, -0.2) is 13.8 Å². The van der Waals surface area contributed by atoms with E-state index in [9.17, 15) is 8.78 Å². The molecule has 0 spiro atoms. The number of anilines is 4. The molecule has 3 rings (SSSR count). The molecular weight excluding hydrogens is 322 g/mol. The van der Waals surface area contributed by atoms with E-state index in [-0.39, 0.29) is 5.69 Å². The molecule has 128 valence electrons. The van der Waals surface area contributed by atoms with Crippen LogP contribution in [0.25, 0.3) is 0 Å². The van der Waals surface area contributed by atoms with E-state index in [0.29, 0.717) is 17.5 Å². The molecule has 0 aliphatic heterocycles. The predicted octanol–water partition coefficient (Wildman–Crippen LogP) is 5.17. The summed E-state index contributed by atoms with van der Waals surface area (Å²) in [5.41, 5.74) is 3.99. The second-order valence-electron chi connectivity index (χ2n) is 5.97. The lowest BCUT2D eigenvalue weighted by Gasteiger charge is -2.11. The highest BCUT2D eigenvalue weighted by Crippen LogP contribution is 2.22. The molecule has 0 radical (unpaired) electrons. The molecule has 0 unspecified atom stereocenters. The van der Waals surface area contributed by atoms with Crippen LogP contribution in [0, 0.1) is 32.4 Å². The summed E-state index contributed by atoms with van der Waals surface area (Å²) in [6.45, 7) is 5.85. The molecule has 0 aliphatic rings. The quantitative estimate of drug-likeness (QED) is 0.688. The van der Waals surface area contributed by atoms with E-state index in [2.05, 4.69) is 26.7 Å². The second kappa shape index (κ2) is 6.84. The molecule has 2 N–H and O–H groups in total. The van der Waals surface area contributed by atoms with E-state index in [1.807, 2.05) is 32.9 Å². The Bertz CT molecular complexity index is 905. The maximum Gasteiger partial charge on any atom is 0.229 e. The average molecular weight is 340 g/mol. The molecule has 0 amide bonds. The molecule has 0 bridgehead atoms. The van der Waals surface area contributed by atoms with Crippen LogP contribution in [-0.2, 0) is 0 Å². The van der Waals surface area contributed by atoms with Crippen molar-refractivity contribution in [1.82, 2.24) is 9.97 Å². The molecule has 0 aliphatic carbocycles. The summed E-state index contributed by atoms with van der Waals surface area (Å²) >= 11 is 0. The summed E-state index contributed by atoms with van der Waals surface area (Å²) in [4.78, 5) is 8.70. The van der Waals surface area contributed by atoms with Gasteiger partial charge < -0.3 is 10.6 Å². The second-order valence-corrected chi connectivity index (χ2v) is 5.97. The third-order valence-corrected chi connectivity index (χ3v) is 3.53. The molecule has 2 aromatic carbocycles. The number of aryl methyl sites for hydroxylation is 3. The van der Waals surface area contributed by atoms with Crippen molar-refractivity contribution in [3.63, 3.8) is 0 Å². The van der Waals surface area contributed by atoms with Gasteiger partial charge in [0.2, 0.25) is 5.95 Å². The van der Waals surface area contributed by atoms with E-state index in [1.165, 1.54) is 12.1 Å². The predicted molar refractivity (Wildman–Crippen MR) is 95.6 cm³/mol. The minimum absolute atomic E-state index is 0.150. The van der Waals surface area contributed by atoms with Crippen LogP contribution in [0.4, 0.5) is 31.9 Å². The van der Waals surface area contributed by atoms with Crippen LogP contribution in [0.2, 0.25) is 0 Å². The van der Waals surface area contributed by atoms with Gasteiger partial charge in [-0.2, -0.15) is 4.98 Å². The standard InChI is InChI=1S/C19H18F2N4/c1-11-6-12(2)8-15(7-11)23-19-22-13(3)9-18(25-19)24-17-5-4-14(20)10-16(17)21/h4-10H,1-3H3,(H2,22,23,24,25). The molecule has 4 nitrogen and oxygen atoms in total. The highest BCUT2D eigenvalue weighted by molar-refractivity contribution is 5.61. The van der Waals surface area contributed by atoms with Crippen LogP contribution in [0.5, 0.6) is 0 Å². The molecule has 0 saturated carbocycles. The van der Waals surface area contributed by atoms with Gasteiger partial charge in [-0.1, -0.05) is 6.07 Å². The summed E-state index contributed by atoms with van der Waals surface area (Å²) in [5.74, 6) is -0.487. The van der Waals surface area contributed by atoms with Gasteiger partial charge in [0, 0.05) is 23.5 Å². The lowest BCUT2D eigenvalue weighted by Crippen LogP contribution is -2.03. The minimum atomic E-state index is -0.680. The fourth-order valence-corrected chi connectivity index (χ4v) is 2.59. The van der Waals surface area contributed by atoms with Crippen molar-refractivity contribution in [2.45, 2.75) is 20.8 Å². The Morgan fingerprint density at radius 1 is 0.800 bits per heavy atom. The highest BCUT2D eigenvalue weighted by Gasteiger charge is 2.08. The Balaban J connectivity index is 1.87. The van der Waals surface area contributed by atoms with Crippen molar-refractivity contribution >= 4 is 23.1 Å². The summed E-state index contributed by atoms with van der Waals surface area (Å²) in [6.07, 6.45) is 0. The summed E-state index contributed by atoms with van der Waals surface area (Å²) in [6, 6.07) is 11.1. The third-order valence-electron chi connectivity index (χ3n) is 3.53. The zero-order valence-corrected chi connectivity index (χ0v) is 14.2. The van der Waals surface area contributed by atoms with Crippen molar-refractivity contribution in [3.05, 3.63) is 70.9 Å². The number of hydrogen-bond donors (Lipinski definition) is 2. The van der Waals surface area contributed by atoms with Crippen molar-refractivity contribution in [3.8, 4) is 0 Å². The van der Waals surface area contributed by atoms with Crippen LogP contribution >= 0.6 is 0 Å². The first-order valence-electron chi connectivity index (χ1n) is 7.82. The summed E-state index contributed by atoms with van der Waals surface area (Å²) < 4.78 is 26.8. The molecule has 1 aromatic heterocycles. The van der Waals surface area contributed by atoms with Gasteiger partial charge in [0.1, 0.15) is 17.5 Å².